The molecule has 0 radical (unpaired) electrons. The minimum Gasteiger partial charge on any atom is -0.507 e. The van der Waals surface area contributed by atoms with Gasteiger partial charge in [-0.2, -0.15) is 0 Å². The number of nitrogens with one attached hydrogen (secondary N) is 1. The van der Waals surface area contributed by atoms with Crippen LogP contribution in [0.5, 0.6) is 5.75 Å². The molecule has 1 aromatic carbocycles. The molecule has 1 aliphatic carbocycles. The van der Waals surface area contributed by atoms with Gasteiger partial charge in [-0.15, -0.1) is 20.4 Å². The molecule has 1 atom stereocenters. The highest BCUT2D eigenvalue weighted by Crippen LogP contribution is 2.34. The van der Waals surface area contributed by atoms with E-state index in [1.165, 1.54) is 37.0 Å². The van der Waals surface area contributed by atoms with E-state index in [0.717, 1.165) is 47.1 Å². The fraction of sp³-hybridized carbons (Fsp3) is 0.455. The molecule has 1 saturated heterocycles. The summed E-state index contributed by atoms with van der Waals surface area (Å²) in [6, 6.07) is 10.2. The van der Waals surface area contributed by atoms with E-state index < -0.39 is 0 Å². The highest BCUT2D eigenvalue weighted by Gasteiger charge is 2.25. The number of anilines is 1. The molecule has 2 N–H and O–H groups in total. The molecule has 2 aliphatic rings. The lowest BCUT2D eigenvalue weighted by molar-refractivity contribution is 0.321. The third-order valence-corrected chi connectivity index (χ3v) is 7.00. The van der Waals surface area contributed by atoms with Gasteiger partial charge < -0.3 is 15.3 Å². The molecular weight excluding hydrogens is 396 g/mol. The lowest BCUT2D eigenvalue weighted by Gasteiger charge is -2.28. The fourth-order valence-corrected chi connectivity index (χ4v) is 4.77. The number of phenolic OH excluding ortho intramolecular Hbond substituents is 1. The van der Waals surface area contributed by atoms with Crippen molar-refractivity contribution in [3.8, 4) is 27.6 Å². The summed E-state index contributed by atoms with van der Waals surface area (Å²) in [6.07, 6.45) is 5.22. The minimum absolute atomic E-state index is 0.172. The van der Waals surface area contributed by atoms with E-state index in [1.54, 1.807) is 6.07 Å². The first-order valence-electron chi connectivity index (χ1n) is 10.6. The molecule has 30 heavy (non-hydrogen) atoms. The van der Waals surface area contributed by atoms with Crippen molar-refractivity contribution in [2.45, 2.75) is 38.6 Å². The number of aromatic hydroxyl groups is 1. The van der Waals surface area contributed by atoms with Gasteiger partial charge in [-0.1, -0.05) is 23.8 Å². The van der Waals surface area contributed by atoms with Crippen LogP contribution in [-0.4, -0.2) is 51.2 Å². The van der Waals surface area contributed by atoms with Gasteiger partial charge in [0.2, 0.25) is 0 Å². The molecule has 7 nitrogen and oxygen atoms in total. The second-order valence-corrected chi connectivity index (χ2v) is 9.45. The molecule has 5 rings (SSSR count). The van der Waals surface area contributed by atoms with Crippen LogP contribution < -0.4 is 10.2 Å². The molecule has 3 heterocycles. The molecule has 2 aromatic heterocycles. The minimum atomic E-state index is 0.172. The maximum absolute atomic E-state index is 10.5. The topological polar surface area (TPSA) is 87.1 Å². The highest BCUT2D eigenvalue weighted by molar-refractivity contribution is 7.14. The smallest absolute Gasteiger partial charge is 0.151 e. The first-order valence-corrected chi connectivity index (χ1v) is 11.4. The van der Waals surface area contributed by atoms with Crippen LogP contribution in [0.2, 0.25) is 0 Å². The van der Waals surface area contributed by atoms with Crippen LogP contribution in [0.15, 0.2) is 30.3 Å². The lowest BCUT2D eigenvalue weighted by Crippen LogP contribution is -2.38. The quantitative estimate of drug-likeness (QED) is 0.627. The van der Waals surface area contributed by atoms with Crippen molar-refractivity contribution in [1.29, 1.82) is 0 Å². The number of aryl methyl sites for hydroxylation is 1. The predicted octanol–water partition coefficient (Wildman–Crippen LogP) is 3.64. The Morgan fingerprint density at radius 1 is 1.10 bits per heavy atom. The van der Waals surface area contributed by atoms with Crippen LogP contribution in [0.1, 0.15) is 30.7 Å². The Balaban J connectivity index is 1.25. The molecule has 0 spiro atoms. The van der Waals surface area contributed by atoms with E-state index in [9.17, 15) is 5.11 Å². The van der Waals surface area contributed by atoms with Gasteiger partial charge in [0.15, 0.2) is 5.82 Å². The summed E-state index contributed by atoms with van der Waals surface area (Å²) < 4.78 is 0. The Bertz CT molecular complexity index is 1020. The summed E-state index contributed by atoms with van der Waals surface area (Å²) in [6.45, 7) is 5.06. The molecule has 2 fully saturated rings. The van der Waals surface area contributed by atoms with Crippen LogP contribution in [0, 0.1) is 12.8 Å². The summed E-state index contributed by atoms with van der Waals surface area (Å²) in [4.78, 5) is 2.31. The summed E-state index contributed by atoms with van der Waals surface area (Å²) >= 11 is 1.51. The van der Waals surface area contributed by atoms with Gasteiger partial charge in [-0.3, -0.25) is 0 Å². The van der Waals surface area contributed by atoms with Gasteiger partial charge in [-0.25, -0.2) is 0 Å². The normalized spacial score (nSPS) is 19.2. The number of phenols is 1. The van der Waals surface area contributed by atoms with Gasteiger partial charge in [0.05, 0.1) is 5.69 Å². The van der Waals surface area contributed by atoms with E-state index in [4.69, 9.17) is 0 Å². The lowest BCUT2D eigenvalue weighted by atomic mass is 9.92. The van der Waals surface area contributed by atoms with Crippen molar-refractivity contribution in [2.24, 2.45) is 5.92 Å². The molecule has 156 valence electrons. The Kier molecular flexibility index (Phi) is 5.35. The second kappa shape index (κ2) is 8.28. The van der Waals surface area contributed by atoms with Gasteiger partial charge >= 0.3 is 0 Å². The van der Waals surface area contributed by atoms with E-state index in [0.29, 0.717) is 17.2 Å². The standard InChI is InChI=1S/C22H26N6OS/c1-14-24-27-22(30-14)16-5-6-18(20(29)11-16)19-7-8-21(26-25-19)28-10-9-15(13-28)12-23-17-3-2-4-17/h5-8,11,15,17,23,29H,2-4,9-10,12-13H2,1H3/t15-/m0/s1. The van der Waals surface area contributed by atoms with Gasteiger partial charge in [0, 0.05) is 30.3 Å². The first kappa shape index (κ1) is 19.4. The van der Waals surface area contributed by atoms with Gasteiger partial charge in [0.1, 0.15) is 15.8 Å². The fourth-order valence-electron chi connectivity index (χ4n) is 4.09. The summed E-state index contributed by atoms with van der Waals surface area (Å²) in [5.74, 6) is 1.75. The molecule has 8 heteroatoms. The number of hydrogen-bond acceptors (Lipinski definition) is 8. The van der Waals surface area contributed by atoms with Crippen molar-refractivity contribution in [1.82, 2.24) is 25.7 Å². The third kappa shape index (κ3) is 4.02. The van der Waals surface area contributed by atoms with Crippen molar-refractivity contribution in [3.63, 3.8) is 0 Å². The maximum atomic E-state index is 10.5. The van der Waals surface area contributed by atoms with Crippen molar-refractivity contribution < 1.29 is 5.11 Å². The maximum Gasteiger partial charge on any atom is 0.151 e. The average Bonchev–Trinajstić information content (AvgIpc) is 3.36. The van der Waals surface area contributed by atoms with E-state index in [2.05, 4.69) is 30.6 Å². The van der Waals surface area contributed by atoms with E-state index in [-0.39, 0.29) is 5.75 Å². The largest absolute Gasteiger partial charge is 0.507 e. The average molecular weight is 423 g/mol. The van der Waals surface area contributed by atoms with Crippen molar-refractivity contribution in [3.05, 3.63) is 35.3 Å². The Morgan fingerprint density at radius 3 is 2.67 bits per heavy atom. The van der Waals surface area contributed by atoms with Gasteiger partial charge in [0.25, 0.3) is 0 Å². The highest BCUT2D eigenvalue weighted by atomic mass is 32.1. The molecule has 0 unspecified atom stereocenters. The number of benzene rings is 1. The van der Waals surface area contributed by atoms with E-state index in [1.807, 2.05) is 31.2 Å². The third-order valence-electron chi connectivity index (χ3n) is 6.11. The summed E-state index contributed by atoms with van der Waals surface area (Å²) in [5.41, 5.74) is 2.19. The number of aromatic nitrogens is 4. The Hall–Kier alpha value is -2.58. The molecule has 1 aliphatic heterocycles. The Labute approximate surface area is 180 Å². The number of nitrogens with zero attached hydrogens (tertiary/aromatic N) is 5. The second-order valence-electron chi connectivity index (χ2n) is 8.27. The number of rotatable bonds is 6. The molecular formula is C22H26N6OS. The zero-order valence-corrected chi connectivity index (χ0v) is 17.9. The zero-order chi connectivity index (χ0) is 20.5. The summed E-state index contributed by atoms with van der Waals surface area (Å²) in [7, 11) is 0. The van der Waals surface area contributed by atoms with Crippen LogP contribution in [0.3, 0.4) is 0 Å². The van der Waals surface area contributed by atoms with Crippen molar-refractivity contribution >= 4 is 17.2 Å². The molecule has 3 aromatic rings. The summed E-state index contributed by atoms with van der Waals surface area (Å²) in [5, 5.41) is 32.9. The predicted molar refractivity (Wildman–Crippen MR) is 119 cm³/mol. The monoisotopic (exact) mass is 422 g/mol. The van der Waals surface area contributed by atoms with Crippen LogP contribution in [-0.2, 0) is 0 Å². The van der Waals surface area contributed by atoms with Gasteiger partial charge in [-0.05, 0) is 62.9 Å². The van der Waals surface area contributed by atoms with Crippen LogP contribution in [0.25, 0.3) is 21.8 Å². The number of hydrogen-bond donors (Lipinski definition) is 2. The van der Waals surface area contributed by atoms with Crippen LogP contribution >= 0.6 is 11.3 Å². The SMILES string of the molecule is Cc1nnc(-c2ccc(-c3ccc(N4CC[C@@H](CNC5CCC5)C4)nn3)c(O)c2)s1. The van der Waals surface area contributed by atoms with Crippen LogP contribution in [0.4, 0.5) is 5.82 Å². The molecule has 0 amide bonds. The zero-order valence-electron chi connectivity index (χ0n) is 17.1. The first-order chi connectivity index (χ1) is 14.7. The van der Waals surface area contributed by atoms with Crippen molar-refractivity contribution in [2.75, 3.05) is 24.5 Å². The molecule has 0 bridgehead atoms. The molecule has 1 saturated carbocycles. The Morgan fingerprint density at radius 2 is 2.00 bits per heavy atom. The van der Waals surface area contributed by atoms with E-state index >= 15 is 0 Å².